The molecule has 0 spiro atoms. The van der Waals surface area contributed by atoms with Gasteiger partial charge >= 0.3 is 0 Å². The fraction of sp³-hybridized carbons (Fsp3) is 0.438. The van der Waals surface area contributed by atoms with Crippen LogP contribution in [-0.2, 0) is 0 Å². The third-order valence-corrected chi connectivity index (χ3v) is 4.52. The van der Waals surface area contributed by atoms with E-state index in [9.17, 15) is 0 Å². The van der Waals surface area contributed by atoms with Crippen LogP contribution >= 0.6 is 0 Å². The van der Waals surface area contributed by atoms with Gasteiger partial charge in [-0.1, -0.05) is 0 Å². The van der Waals surface area contributed by atoms with Crippen LogP contribution in [0.3, 0.4) is 0 Å². The second kappa shape index (κ2) is 6.48. The summed E-state index contributed by atoms with van der Waals surface area (Å²) in [7, 11) is 5.78. The molecule has 8 heteroatoms. The van der Waals surface area contributed by atoms with Crippen LogP contribution in [0.4, 0.5) is 17.1 Å². The van der Waals surface area contributed by atoms with Crippen LogP contribution in [-0.4, -0.2) is 60.2 Å². The van der Waals surface area contributed by atoms with E-state index in [0.29, 0.717) is 34.6 Å². The fourth-order valence-electron chi connectivity index (χ4n) is 3.10. The summed E-state index contributed by atoms with van der Waals surface area (Å²) in [5.41, 5.74) is 15.2. The molecule has 1 unspecified atom stereocenters. The Morgan fingerprint density at radius 1 is 1.21 bits per heavy atom. The number of hydrogen-bond acceptors (Lipinski definition) is 8. The minimum atomic E-state index is 0.438. The molecule has 2 aromatic rings. The van der Waals surface area contributed by atoms with Crippen molar-refractivity contribution in [2.45, 2.75) is 12.5 Å². The number of rotatable bonds is 4. The second-order valence-electron chi connectivity index (χ2n) is 6.11. The molecule has 4 N–H and O–H groups in total. The quantitative estimate of drug-likeness (QED) is 0.795. The molecule has 0 amide bonds. The molecule has 1 atom stereocenters. The number of ether oxygens (including phenoxy) is 1. The third-order valence-electron chi connectivity index (χ3n) is 4.52. The Balaban J connectivity index is 2.08. The second-order valence-corrected chi connectivity index (χ2v) is 6.11. The Labute approximate surface area is 141 Å². The lowest BCUT2D eigenvalue weighted by atomic mass is 10.1. The van der Waals surface area contributed by atoms with Gasteiger partial charge in [-0.2, -0.15) is 0 Å². The van der Waals surface area contributed by atoms with Gasteiger partial charge in [0.05, 0.1) is 29.7 Å². The van der Waals surface area contributed by atoms with Gasteiger partial charge in [0.15, 0.2) is 5.82 Å². The maximum absolute atomic E-state index is 6.45. The van der Waals surface area contributed by atoms with Crippen LogP contribution in [0.15, 0.2) is 18.7 Å². The van der Waals surface area contributed by atoms with E-state index in [-0.39, 0.29) is 0 Å². The van der Waals surface area contributed by atoms with Gasteiger partial charge in [-0.15, -0.1) is 0 Å². The first kappa shape index (κ1) is 16.3. The summed E-state index contributed by atoms with van der Waals surface area (Å²) in [6.07, 6.45) is 3.94. The molecule has 8 nitrogen and oxygen atoms in total. The smallest absolute Gasteiger partial charge is 0.167 e. The first-order valence-electron chi connectivity index (χ1n) is 7.82. The van der Waals surface area contributed by atoms with Gasteiger partial charge in [-0.25, -0.2) is 15.0 Å². The van der Waals surface area contributed by atoms with E-state index in [1.54, 1.807) is 7.11 Å². The van der Waals surface area contributed by atoms with Crippen LogP contribution in [0.5, 0.6) is 5.75 Å². The van der Waals surface area contributed by atoms with Crippen molar-refractivity contribution < 1.29 is 4.74 Å². The van der Waals surface area contributed by atoms with E-state index in [2.05, 4.69) is 38.8 Å². The van der Waals surface area contributed by atoms with Gasteiger partial charge in [0.25, 0.3) is 0 Å². The van der Waals surface area contributed by atoms with Crippen molar-refractivity contribution in [2.75, 3.05) is 50.7 Å². The van der Waals surface area contributed by atoms with Crippen LogP contribution in [0.2, 0.25) is 0 Å². The molecule has 2 heterocycles. The zero-order valence-electron chi connectivity index (χ0n) is 14.2. The van der Waals surface area contributed by atoms with Crippen molar-refractivity contribution in [1.29, 1.82) is 0 Å². The molecule has 128 valence electrons. The van der Waals surface area contributed by atoms with Crippen molar-refractivity contribution in [2.24, 2.45) is 0 Å². The number of methoxy groups -OCH3 is 1. The molecule has 1 saturated heterocycles. The summed E-state index contributed by atoms with van der Waals surface area (Å²) in [6.45, 7) is 1.83. The van der Waals surface area contributed by atoms with Crippen LogP contribution in [0.1, 0.15) is 6.42 Å². The summed E-state index contributed by atoms with van der Waals surface area (Å²) in [5.74, 6) is 1.02. The Kier molecular flexibility index (Phi) is 4.39. The highest BCUT2D eigenvalue weighted by molar-refractivity contribution is 5.94. The maximum Gasteiger partial charge on any atom is 0.167 e. The molecular weight excluding hydrogens is 306 g/mol. The minimum Gasteiger partial charge on any atom is -0.494 e. The summed E-state index contributed by atoms with van der Waals surface area (Å²) < 4.78 is 5.45. The highest BCUT2D eigenvalue weighted by Gasteiger charge is 2.28. The zero-order valence-corrected chi connectivity index (χ0v) is 14.2. The van der Waals surface area contributed by atoms with Crippen LogP contribution in [0, 0.1) is 0 Å². The molecule has 1 aliphatic rings. The molecule has 0 bridgehead atoms. The average molecular weight is 329 g/mol. The van der Waals surface area contributed by atoms with Gasteiger partial charge in [0.1, 0.15) is 18.4 Å². The zero-order chi connectivity index (χ0) is 17.3. The number of hydrogen-bond donors (Lipinski definition) is 2. The third kappa shape index (κ3) is 2.80. The van der Waals surface area contributed by atoms with Crippen molar-refractivity contribution in [3.63, 3.8) is 0 Å². The summed E-state index contributed by atoms with van der Waals surface area (Å²) in [4.78, 5) is 16.7. The summed E-state index contributed by atoms with van der Waals surface area (Å²) in [5, 5.41) is 0. The molecule has 1 aromatic heterocycles. The van der Waals surface area contributed by atoms with Crippen molar-refractivity contribution in [1.82, 2.24) is 19.9 Å². The number of anilines is 3. The van der Waals surface area contributed by atoms with Crippen molar-refractivity contribution >= 4 is 17.1 Å². The van der Waals surface area contributed by atoms with Crippen molar-refractivity contribution in [3.05, 3.63) is 18.7 Å². The standard InChI is InChI=1S/C16H23N7O/c1-22(2)10-4-5-23(7-10)11-6-12(24-3)15(18)13(14(11)17)16-20-8-19-9-21-16/h6,8-10H,4-5,7,17-18H2,1-3H3. The highest BCUT2D eigenvalue weighted by atomic mass is 16.5. The van der Waals surface area contributed by atoms with E-state index in [4.69, 9.17) is 16.2 Å². The van der Waals surface area contributed by atoms with Crippen LogP contribution < -0.4 is 21.1 Å². The first-order valence-corrected chi connectivity index (χ1v) is 7.82. The van der Waals surface area contributed by atoms with Crippen molar-refractivity contribution in [3.8, 4) is 17.1 Å². The Morgan fingerprint density at radius 3 is 2.50 bits per heavy atom. The molecule has 0 saturated carbocycles. The lowest BCUT2D eigenvalue weighted by molar-refractivity contribution is 0.315. The molecule has 1 aliphatic heterocycles. The lowest BCUT2D eigenvalue weighted by Crippen LogP contribution is -2.31. The SMILES string of the molecule is COc1cc(N2CCC(N(C)C)C2)c(N)c(-c2ncncn2)c1N. The van der Waals surface area contributed by atoms with Gasteiger partial charge in [0.2, 0.25) is 0 Å². The van der Waals surface area contributed by atoms with Crippen LogP contribution in [0.25, 0.3) is 11.4 Å². The predicted octanol–water partition coefficient (Wildman–Crippen LogP) is 0.852. The Morgan fingerprint density at radius 2 is 1.92 bits per heavy atom. The molecular formula is C16H23N7O. The Bertz CT molecular complexity index is 720. The number of nitrogens with two attached hydrogens (primary N) is 2. The monoisotopic (exact) mass is 329 g/mol. The van der Waals surface area contributed by atoms with E-state index in [1.807, 2.05) is 6.07 Å². The van der Waals surface area contributed by atoms with E-state index in [0.717, 1.165) is 25.2 Å². The lowest BCUT2D eigenvalue weighted by Gasteiger charge is -2.25. The molecule has 3 rings (SSSR count). The Hall–Kier alpha value is -2.61. The molecule has 1 aromatic carbocycles. The maximum atomic E-state index is 6.45. The molecule has 0 radical (unpaired) electrons. The summed E-state index contributed by atoms with van der Waals surface area (Å²) >= 11 is 0. The van der Waals surface area contributed by atoms with Gasteiger partial charge in [0, 0.05) is 25.2 Å². The number of likely N-dealkylation sites (N-methyl/N-ethyl adjacent to an activating group) is 1. The number of nitrogens with zero attached hydrogens (tertiary/aromatic N) is 5. The largest absolute Gasteiger partial charge is 0.494 e. The summed E-state index contributed by atoms with van der Waals surface area (Å²) in [6, 6.07) is 2.39. The number of aromatic nitrogens is 3. The molecule has 0 aliphatic carbocycles. The van der Waals surface area contributed by atoms with Gasteiger partial charge in [-0.3, -0.25) is 0 Å². The average Bonchev–Trinajstić information content (AvgIpc) is 3.06. The topological polar surface area (TPSA) is 106 Å². The number of nitrogen functional groups attached to an aromatic ring is 2. The normalized spacial score (nSPS) is 17.5. The number of benzene rings is 1. The highest BCUT2D eigenvalue weighted by Crippen LogP contribution is 2.43. The first-order chi connectivity index (χ1) is 11.5. The van der Waals surface area contributed by atoms with E-state index in [1.165, 1.54) is 12.7 Å². The van der Waals surface area contributed by atoms with E-state index < -0.39 is 0 Å². The fourth-order valence-corrected chi connectivity index (χ4v) is 3.10. The van der Waals surface area contributed by atoms with Gasteiger partial charge in [-0.05, 0) is 20.5 Å². The van der Waals surface area contributed by atoms with E-state index >= 15 is 0 Å². The molecule has 1 fully saturated rings. The van der Waals surface area contributed by atoms with Gasteiger partial charge < -0.3 is 26.0 Å². The predicted molar refractivity (Wildman–Crippen MR) is 94.9 cm³/mol. The molecule has 24 heavy (non-hydrogen) atoms. The minimum absolute atomic E-state index is 0.438.